The minimum atomic E-state index is 0.106. The molecule has 0 saturated carbocycles. The van der Waals surface area contributed by atoms with Gasteiger partial charge in [-0.25, -0.2) is 0 Å². The first-order chi connectivity index (χ1) is 8.19. The lowest BCUT2D eigenvalue weighted by molar-refractivity contribution is 0.0971. The van der Waals surface area contributed by atoms with Crippen molar-refractivity contribution < 1.29 is 4.79 Å². The predicted molar refractivity (Wildman–Crippen MR) is 69.2 cm³/mol. The first-order valence-corrected chi connectivity index (χ1v) is 6.39. The number of fused-ring (bicyclic) bond motifs is 1. The van der Waals surface area contributed by atoms with Crippen LogP contribution in [-0.2, 0) is 6.42 Å². The number of carbonyl (C=O) groups is 1. The van der Waals surface area contributed by atoms with Crippen LogP contribution in [0.3, 0.4) is 0 Å². The van der Waals surface area contributed by atoms with E-state index in [0.29, 0.717) is 6.42 Å². The molecule has 90 valence electrons. The fourth-order valence-corrected chi connectivity index (χ4v) is 2.75. The van der Waals surface area contributed by atoms with Crippen LogP contribution in [0.15, 0.2) is 6.07 Å². The number of Topliss-reactive ketones (excluding diaryl/α,β-unsaturated/α-hetero) is 1. The fraction of sp³-hybridized carbons (Fsp3) is 0.533. The summed E-state index contributed by atoms with van der Waals surface area (Å²) in [5.74, 6) is 3.14. The van der Waals surface area contributed by atoms with Gasteiger partial charge in [-0.2, -0.15) is 0 Å². The van der Waals surface area contributed by atoms with Crippen molar-refractivity contribution in [1.29, 1.82) is 0 Å². The molecule has 0 N–H and O–H groups in total. The monoisotopic (exact) mass is 229 g/mol. The van der Waals surface area contributed by atoms with E-state index in [1.165, 1.54) is 0 Å². The van der Waals surface area contributed by atoms with Gasteiger partial charge < -0.3 is 4.57 Å². The molecule has 1 aliphatic rings. The molecule has 17 heavy (non-hydrogen) atoms. The van der Waals surface area contributed by atoms with Crippen LogP contribution < -0.4 is 0 Å². The number of nitrogens with zero attached hydrogens (tertiary/aromatic N) is 1. The Hall–Kier alpha value is -1.49. The standard InChI is InChI=1S/C15H19NO/c1-4-7-12(5-2)16-11(3)10-13-14(16)8-6-9-15(13)17/h2,10,12H,4,6-9H2,1,3H3. The highest BCUT2D eigenvalue weighted by Crippen LogP contribution is 2.29. The molecule has 0 aliphatic heterocycles. The number of hydrogen-bond acceptors (Lipinski definition) is 1. The van der Waals surface area contributed by atoms with Crippen LogP contribution in [-0.4, -0.2) is 10.4 Å². The highest BCUT2D eigenvalue weighted by Gasteiger charge is 2.24. The van der Waals surface area contributed by atoms with Gasteiger partial charge in [0.25, 0.3) is 0 Å². The Balaban J connectivity index is 2.47. The highest BCUT2D eigenvalue weighted by atomic mass is 16.1. The summed E-state index contributed by atoms with van der Waals surface area (Å²) in [6.07, 6.45) is 10.3. The van der Waals surface area contributed by atoms with Gasteiger partial charge in [0.15, 0.2) is 5.78 Å². The van der Waals surface area contributed by atoms with Gasteiger partial charge in [0.05, 0.1) is 6.04 Å². The number of rotatable bonds is 3. The molecular formula is C15H19NO. The van der Waals surface area contributed by atoms with Gasteiger partial charge in [-0.05, 0) is 32.3 Å². The van der Waals surface area contributed by atoms with Crippen molar-refractivity contribution >= 4 is 5.78 Å². The Morgan fingerprint density at radius 3 is 2.94 bits per heavy atom. The average Bonchev–Trinajstić information content (AvgIpc) is 2.64. The maximum Gasteiger partial charge on any atom is 0.164 e. The van der Waals surface area contributed by atoms with E-state index in [4.69, 9.17) is 6.42 Å². The van der Waals surface area contributed by atoms with Gasteiger partial charge in [0.1, 0.15) is 0 Å². The van der Waals surface area contributed by atoms with Gasteiger partial charge in [-0.3, -0.25) is 4.79 Å². The maximum absolute atomic E-state index is 11.9. The Morgan fingerprint density at radius 1 is 1.53 bits per heavy atom. The third-order valence-corrected chi connectivity index (χ3v) is 3.52. The Morgan fingerprint density at radius 2 is 2.29 bits per heavy atom. The topological polar surface area (TPSA) is 22.0 Å². The number of terminal acetylenes is 1. The number of hydrogen-bond donors (Lipinski definition) is 0. The summed E-state index contributed by atoms with van der Waals surface area (Å²) in [6, 6.07) is 2.12. The SMILES string of the molecule is C#CC(CCC)n1c(C)cc2c1CCCC2=O. The minimum absolute atomic E-state index is 0.106. The molecule has 1 atom stereocenters. The van der Waals surface area contributed by atoms with Crippen LogP contribution in [0, 0.1) is 19.3 Å². The lowest BCUT2D eigenvalue weighted by Gasteiger charge is -2.20. The molecule has 2 rings (SSSR count). The zero-order valence-corrected chi connectivity index (χ0v) is 10.6. The summed E-state index contributed by atoms with van der Waals surface area (Å²) >= 11 is 0. The van der Waals surface area contributed by atoms with Crippen LogP contribution >= 0.6 is 0 Å². The van der Waals surface area contributed by atoms with E-state index >= 15 is 0 Å². The van der Waals surface area contributed by atoms with Gasteiger partial charge in [-0.15, -0.1) is 6.42 Å². The van der Waals surface area contributed by atoms with E-state index in [2.05, 4.69) is 17.4 Å². The summed E-state index contributed by atoms with van der Waals surface area (Å²) in [7, 11) is 0. The number of carbonyl (C=O) groups excluding carboxylic acids is 1. The van der Waals surface area contributed by atoms with E-state index < -0.39 is 0 Å². The highest BCUT2D eigenvalue weighted by molar-refractivity contribution is 5.98. The number of ketones is 1. The van der Waals surface area contributed by atoms with Crippen molar-refractivity contribution in [3.05, 3.63) is 23.0 Å². The largest absolute Gasteiger partial charge is 0.334 e. The quantitative estimate of drug-likeness (QED) is 0.729. The first-order valence-electron chi connectivity index (χ1n) is 6.39. The smallest absolute Gasteiger partial charge is 0.164 e. The van der Waals surface area contributed by atoms with Gasteiger partial charge in [-0.1, -0.05) is 19.3 Å². The van der Waals surface area contributed by atoms with Gasteiger partial charge >= 0.3 is 0 Å². The molecule has 2 nitrogen and oxygen atoms in total. The molecule has 2 heteroatoms. The molecule has 0 spiro atoms. The number of aromatic nitrogens is 1. The maximum atomic E-state index is 11.9. The summed E-state index contributed by atoms with van der Waals surface area (Å²) in [5, 5.41) is 0. The van der Waals surface area contributed by atoms with Crippen LogP contribution in [0.4, 0.5) is 0 Å². The van der Waals surface area contributed by atoms with Crippen LogP contribution in [0.5, 0.6) is 0 Å². The van der Waals surface area contributed by atoms with E-state index in [0.717, 1.165) is 42.6 Å². The summed E-state index contributed by atoms with van der Waals surface area (Å²) in [6.45, 7) is 4.19. The van der Waals surface area contributed by atoms with Crippen LogP contribution in [0.1, 0.15) is 60.4 Å². The fourth-order valence-electron chi connectivity index (χ4n) is 2.75. The zero-order chi connectivity index (χ0) is 12.4. The van der Waals surface area contributed by atoms with Gasteiger partial charge in [0.2, 0.25) is 0 Å². The Bertz CT molecular complexity index is 476. The average molecular weight is 229 g/mol. The minimum Gasteiger partial charge on any atom is -0.334 e. The van der Waals surface area contributed by atoms with Gasteiger partial charge in [0, 0.05) is 23.4 Å². The number of aryl methyl sites for hydroxylation is 1. The van der Waals surface area contributed by atoms with Crippen molar-refractivity contribution in [3.63, 3.8) is 0 Å². The molecule has 1 unspecified atom stereocenters. The summed E-state index contributed by atoms with van der Waals surface area (Å²) in [4.78, 5) is 11.9. The predicted octanol–water partition coefficient (Wildman–Crippen LogP) is 3.29. The third-order valence-electron chi connectivity index (χ3n) is 3.52. The second-order valence-corrected chi connectivity index (χ2v) is 4.76. The lowest BCUT2D eigenvalue weighted by atomic mass is 9.96. The Labute approximate surface area is 103 Å². The second kappa shape index (κ2) is 4.79. The molecular weight excluding hydrogens is 210 g/mol. The van der Waals surface area contributed by atoms with E-state index in [9.17, 15) is 4.79 Å². The van der Waals surface area contributed by atoms with Crippen LogP contribution in [0.2, 0.25) is 0 Å². The normalized spacial score (nSPS) is 16.4. The summed E-state index contributed by atoms with van der Waals surface area (Å²) < 4.78 is 2.20. The van der Waals surface area contributed by atoms with E-state index in [1.54, 1.807) is 0 Å². The zero-order valence-electron chi connectivity index (χ0n) is 10.6. The third kappa shape index (κ3) is 2.02. The lowest BCUT2D eigenvalue weighted by Crippen LogP contribution is -2.17. The first kappa shape index (κ1) is 12.0. The molecule has 1 heterocycles. The summed E-state index contributed by atoms with van der Waals surface area (Å²) in [5.41, 5.74) is 3.20. The van der Waals surface area contributed by atoms with E-state index in [1.807, 2.05) is 13.0 Å². The Kier molecular flexibility index (Phi) is 3.38. The molecule has 0 bridgehead atoms. The van der Waals surface area contributed by atoms with Crippen molar-refractivity contribution in [2.75, 3.05) is 0 Å². The molecule has 0 radical (unpaired) electrons. The molecule has 0 amide bonds. The van der Waals surface area contributed by atoms with Crippen molar-refractivity contribution in [1.82, 2.24) is 4.57 Å². The molecule has 0 fully saturated rings. The molecule has 1 aromatic heterocycles. The molecule has 0 aromatic carbocycles. The van der Waals surface area contributed by atoms with Crippen LogP contribution in [0.25, 0.3) is 0 Å². The molecule has 0 saturated heterocycles. The molecule has 1 aromatic rings. The van der Waals surface area contributed by atoms with Crippen molar-refractivity contribution in [3.8, 4) is 12.3 Å². The molecule has 1 aliphatic carbocycles. The second-order valence-electron chi connectivity index (χ2n) is 4.76. The van der Waals surface area contributed by atoms with Crippen molar-refractivity contribution in [2.45, 2.75) is 52.0 Å². The van der Waals surface area contributed by atoms with E-state index in [-0.39, 0.29) is 11.8 Å². The van der Waals surface area contributed by atoms with Crippen molar-refractivity contribution in [2.24, 2.45) is 0 Å².